The van der Waals surface area contributed by atoms with Crippen LogP contribution in [0.15, 0.2) is 59.5 Å². The minimum atomic E-state index is -2.00. The van der Waals surface area contributed by atoms with Crippen molar-refractivity contribution in [1.82, 2.24) is 29.4 Å². The standard InChI is InChI=1S/C63H76N8O15/c1-4-48-49-29-45(72)20-21-53(49)66-57-50(48)33-70-54(57)30-52-51(60(70)79)37-84-61(80)63(52,5-2)86-62(81)85-34-40-13-17-43(18-14-40)65-58(77)42(9-6-7-23-64)28-47(74)36-83-35-46(73)10-8-25-82-26-24-69-32-44(67-68-69)19-22-55(75)41-15-11-39(12-16-41)31-71-56(76)27-38(3)59(71)78/h13-14,17-18,20-21,29-30,32,38-39,41-42,72H,4-12,15-16,19,22-28,31,33-37,64H2,1-3H3,(H,65,77). The molecule has 1 saturated heterocycles. The molecule has 0 radical (unpaired) electrons. The molecule has 4 N–H and O–H groups in total. The smallest absolute Gasteiger partial charge is 0.508 e. The fourth-order valence-corrected chi connectivity index (χ4v) is 12.1. The molecule has 3 aromatic heterocycles. The number of ether oxygens (including phenoxy) is 5. The van der Waals surface area contributed by atoms with Gasteiger partial charge in [0.15, 0.2) is 11.6 Å². The van der Waals surface area contributed by atoms with Crippen molar-refractivity contribution in [2.45, 2.75) is 149 Å². The van der Waals surface area contributed by atoms with Gasteiger partial charge in [0.1, 0.15) is 38.0 Å². The second-order valence-electron chi connectivity index (χ2n) is 22.9. The lowest BCUT2D eigenvalue weighted by atomic mass is 9.79. The molecule has 5 aromatic rings. The van der Waals surface area contributed by atoms with Gasteiger partial charge in [-0.2, -0.15) is 0 Å². The zero-order valence-electron chi connectivity index (χ0n) is 49.1. The molecular weight excluding hydrogens is 1110 g/mol. The van der Waals surface area contributed by atoms with Crippen LogP contribution in [-0.4, -0.2) is 121 Å². The summed E-state index contributed by atoms with van der Waals surface area (Å²) in [7, 11) is 0. The molecule has 1 saturated carbocycles. The van der Waals surface area contributed by atoms with Crippen LogP contribution in [0.4, 0.5) is 10.5 Å². The first-order valence-corrected chi connectivity index (χ1v) is 30.0. The van der Waals surface area contributed by atoms with Crippen molar-refractivity contribution >= 4 is 63.8 Å². The maximum atomic E-state index is 14.1. The van der Waals surface area contributed by atoms with Crippen LogP contribution in [0, 0.1) is 23.7 Å². The van der Waals surface area contributed by atoms with Crippen LogP contribution in [0.25, 0.3) is 22.3 Å². The van der Waals surface area contributed by atoms with Crippen LogP contribution in [0.5, 0.6) is 5.75 Å². The van der Waals surface area contributed by atoms with E-state index in [1.54, 1.807) is 77.8 Å². The molecule has 6 heterocycles. The van der Waals surface area contributed by atoms with Gasteiger partial charge in [-0.1, -0.05) is 44.5 Å². The van der Waals surface area contributed by atoms with E-state index in [9.17, 15) is 48.3 Å². The number of benzene rings is 2. The number of anilines is 1. The number of unbranched alkanes of at least 4 members (excludes halogenated alkanes) is 1. The van der Waals surface area contributed by atoms with Gasteiger partial charge >= 0.3 is 12.1 Å². The number of nitrogens with one attached hydrogen (secondary N) is 1. The van der Waals surface area contributed by atoms with Gasteiger partial charge in [0.05, 0.1) is 47.9 Å². The number of aromatic hydroxyl groups is 1. The number of carbonyl (C=O) groups is 8. The summed E-state index contributed by atoms with van der Waals surface area (Å²) < 4.78 is 31.2. The molecule has 0 bridgehead atoms. The number of likely N-dealkylation sites (tertiary alicyclic amines) is 1. The zero-order valence-corrected chi connectivity index (χ0v) is 49.1. The minimum Gasteiger partial charge on any atom is -0.508 e. The quantitative estimate of drug-likeness (QED) is 0.0239. The maximum absolute atomic E-state index is 14.1. The Morgan fingerprint density at radius 1 is 0.907 bits per heavy atom. The molecule has 0 spiro atoms. The minimum absolute atomic E-state index is 0.0261. The van der Waals surface area contributed by atoms with Gasteiger partial charge in [-0.3, -0.25) is 38.5 Å². The Morgan fingerprint density at radius 3 is 2.42 bits per heavy atom. The van der Waals surface area contributed by atoms with Crippen molar-refractivity contribution in [3.8, 4) is 17.1 Å². The van der Waals surface area contributed by atoms with Gasteiger partial charge in [-0.05, 0) is 118 Å². The van der Waals surface area contributed by atoms with Gasteiger partial charge in [-0.15, -0.1) is 5.10 Å². The molecule has 2 aromatic carbocycles. The molecule has 3 atom stereocenters. The highest BCUT2D eigenvalue weighted by Crippen LogP contribution is 2.43. The van der Waals surface area contributed by atoms with Crippen LogP contribution in [-0.2, 0) is 102 Å². The van der Waals surface area contributed by atoms with Crippen LogP contribution >= 0.6 is 0 Å². The van der Waals surface area contributed by atoms with E-state index in [1.165, 1.54) is 4.90 Å². The van der Waals surface area contributed by atoms with Crippen molar-refractivity contribution in [1.29, 1.82) is 0 Å². The van der Waals surface area contributed by atoms with Gasteiger partial charge in [0.2, 0.25) is 23.3 Å². The normalized spacial score (nSPS) is 19.2. The molecule has 23 nitrogen and oxygen atoms in total. The number of imide groups is 1. The topological polar surface area (TPSA) is 310 Å². The number of nitrogens with two attached hydrogens (primary N) is 1. The van der Waals surface area contributed by atoms with Crippen molar-refractivity contribution in [2.24, 2.45) is 29.4 Å². The van der Waals surface area contributed by atoms with E-state index >= 15 is 0 Å². The summed E-state index contributed by atoms with van der Waals surface area (Å²) in [5, 5.41) is 22.2. The lowest BCUT2D eigenvalue weighted by Crippen LogP contribution is -2.47. The van der Waals surface area contributed by atoms with Crippen molar-refractivity contribution in [3.05, 3.63) is 98.6 Å². The summed E-state index contributed by atoms with van der Waals surface area (Å²) in [5.74, 6) is -2.41. The number of hydrogen-bond acceptors (Lipinski definition) is 19. The van der Waals surface area contributed by atoms with E-state index in [-0.39, 0.29) is 122 Å². The second kappa shape index (κ2) is 28.5. The summed E-state index contributed by atoms with van der Waals surface area (Å²) in [4.78, 5) is 124. The first kappa shape index (κ1) is 62.5. The number of esters is 1. The lowest BCUT2D eigenvalue weighted by Gasteiger charge is -2.35. The number of amides is 3. The average Bonchev–Trinajstić information content (AvgIpc) is 1.48. The molecule has 4 aliphatic rings. The molecule has 23 heteroatoms. The SMILES string of the molecule is CCc1c2c(nc3ccc(O)cc13)-c1cc3c(c(=O)n1C2)COC(=O)C3(CC)OC(=O)OCc1ccc(NC(=O)C(CCCCN)CC(=O)COCC(=O)CCCOCCn2cc(CCC(=O)C3CCC(CN4C(=O)CC(C)C4=O)CC3)nn2)cc1. The average molecular weight is 1190 g/mol. The van der Waals surface area contributed by atoms with E-state index in [4.69, 9.17) is 34.4 Å². The number of fused-ring (bicyclic) bond motifs is 5. The highest BCUT2D eigenvalue weighted by molar-refractivity contribution is 6.03. The van der Waals surface area contributed by atoms with E-state index in [1.807, 2.05) is 6.92 Å². The number of ketones is 3. The first-order valence-electron chi connectivity index (χ1n) is 30.0. The van der Waals surface area contributed by atoms with Gasteiger partial charge in [0, 0.05) is 91.4 Å². The Kier molecular flexibility index (Phi) is 20.7. The largest absolute Gasteiger partial charge is 0.510 e. The number of Topliss-reactive ketones (excluding diaryl/α,β-unsaturated/α-hetero) is 3. The summed E-state index contributed by atoms with van der Waals surface area (Å²) in [6, 6.07) is 13.1. The van der Waals surface area contributed by atoms with E-state index in [0.717, 1.165) is 42.2 Å². The number of nitrogens with zero attached hydrogens (tertiary/aromatic N) is 6. The van der Waals surface area contributed by atoms with Crippen LogP contribution in [0.2, 0.25) is 0 Å². The first-order chi connectivity index (χ1) is 41.5. The number of carbonyl (C=O) groups excluding carboxylic acids is 8. The Balaban J connectivity index is 0.666. The number of aromatic nitrogens is 5. The third-order valence-electron chi connectivity index (χ3n) is 17.0. The Bertz CT molecular complexity index is 3420. The Hall–Kier alpha value is -8.02. The van der Waals surface area contributed by atoms with E-state index in [0.29, 0.717) is 112 Å². The number of phenols is 1. The molecule has 458 valence electrons. The van der Waals surface area contributed by atoms with Crippen molar-refractivity contribution in [2.75, 3.05) is 44.8 Å². The maximum Gasteiger partial charge on any atom is 0.510 e. The molecule has 2 fully saturated rings. The summed E-state index contributed by atoms with van der Waals surface area (Å²) in [6.45, 7) is 6.42. The monoisotopic (exact) mass is 1180 g/mol. The van der Waals surface area contributed by atoms with Crippen molar-refractivity contribution < 1.29 is 67.1 Å². The third kappa shape index (κ3) is 14.6. The zero-order chi connectivity index (χ0) is 61.1. The van der Waals surface area contributed by atoms with E-state index < -0.39 is 35.1 Å². The fourth-order valence-electron chi connectivity index (χ4n) is 12.1. The van der Waals surface area contributed by atoms with Crippen LogP contribution in [0.1, 0.15) is 138 Å². The predicted octanol–water partition coefficient (Wildman–Crippen LogP) is 6.73. The number of aryl methyl sites for hydroxylation is 2. The Morgan fingerprint density at radius 2 is 1.69 bits per heavy atom. The van der Waals surface area contributed by atoms with Gasteiger partial charge < -0.3 is 44.4 Å². The van der Waals surface area contributed by atoms with Gasteiger partial charge in [0.25, 0.3) is 5.56 Å². The summed E-state index contributed by atoms with van der Waals surface area (Å²) in [6.07, 6.45) is 7.60. The van der Waals surface area contributed by atoms with Gasteiger partial charge in [-0.25, -0.2) is 19.3 Å². The molecule has 1 aliphatic carbocycles. The third-order valence-corrected chi connectivity index (χ3v) is 17.0. The fraction of sp³-hybridized carbons (Fsp3) is 0.524. The number of rotatable bonds is 30. The molecule has 3 amide bonds. The number of pyridine rings is 2. The van der Waals surface area contributed by atoms with Crippen molar-refractivity contribution in [3.63, 3.8) is 0 Å². The summed E-state index contributed by atoms with van der Waals surface area (Å²) >= 11 is 0. The van der Waals surface area contributed by atoms with Crippen LogP contribution < -0.4 is 16.6 Å². The summed E-state index contributed by atoms with van der Waals surface area (Å²) in [5.41, 5.74) is 8.74. The van der Waals surface area contributed by atoms with Crippen LogP contribution in [0.3, 0.4) is 0 Å². The Labute approximate surface area is 497 Å². The molecule has 86 heavy (non-hydrogen) atoms. The molecule has 3 aliphatic heterocycles. The number of hydrogen-bond donors (Lipinski definition) is 3. The molecule has 9 rings (SSSR count). The highest BCUT2D eigenvalue weighted by atomic mass is 16.7. The lowest BCUT2D eigenvalue weighted by molar-refractivity contribution is -0.175. The second-order valence-corrected chi connectivity index (χ2v) is 22.9. The molecule has 3 unspecified atom stereocenters. The highest BCUT2D eigenvalue weighted by Gasteiger charge is 2.51. The predicted molar refractivity (Wildman–Crippen MR) is 311 cm³/mol. The molecular formula is C63H76N8O15. The number of phenolic OH excluding ortho intramolecular Hbond substituents is 1. The van der Waals surface area contributed by atoms with E-state index in [2.05, 4.69) is 15.6 Å². The number of cyclic esters (lactones) is 1.